The van der Waals surface area contributed by atoms with Crippen molar-refractivity contribution in [1.29, 1.82) is 0 Å². The monoisotopic (exact) mass is 1720 g/mol. The number of aryl methyl sites for hydroxylation is 9. The van der Waals surface area contributed by atoms with E-state index in [-0.39, 0.29) is 78.8 Å². The third-order valence-corrected chi connectivity index (χ3v) is 25.7. The molecule has 35 nitrogen and oxygen atoms in total. The van der Waals surface area contributed by atoms with Crippen molar-refractivity contribution in [3.8, 4) is 33.6 Å². The lowest BCUT2D eigenvalue weighted by atomic mass is 9.70. The summed E-state index contributed by atoms with van der Waals surface area (Å²) in [7, 11) is 0. The molecule has 0 spiro atoms. The summed E-state index contributed by atoms with van der Waals surface area (Å²) < 4.78 is 10.6. The van der Waals surface area contributed by atoms with Gasteiger partial charge in [-0.3, -0.25) is 65.0 Å². The van der Waals surface area contributed by atoms with Gasteiger partial charge in [-0.25, -0.2) is 9.97 Å². The number of aromatic nitrogens is 25. The van der Waals surface area contributed by atoms with Gasteiger partial charge >= 0.3 is 0 Å². The summed E-state index contributed by atoms with van der Waals surface area (Å²) in [5.74, 6) is 1.60. The Morgan fingerprint density at radius 3 is 1.91 bits per heavy atom. The first-order chi connectivity index (χ1) is 61.9. The molecule has 0 amide bonds. The lowest BCUT2D eigenvalue weighted by Gasteiger charge is -2.40. The summed E-state index contributed by atoms with van der Waals surface area (Å²) in [6, 6.07) is 10.3. The molecular formula is C91H93N29O6S. The molecule has 644 valence electrons. The Hall–Kier alpha value is -14.6. The van der Waals surface area contributed by atoms with Crippen LogP contribution in [0.4, 0.5) is 5.69 Å². The van der Waals surface area contributed by atoms with Crippen molar-refractivity contribution in [2.75, 3.05) is 5.32 Å². The summed E-state index contributed by atoms with van der Waals surface area (Å²) in [4.78, 5) is 66.7. The number of fused-ring (bicyclic) bond motifs is 12. The number of ketones is 4. The molecule has 0 saturated carbocycles. The van der Waals surface area contributed by atoms with Crippen molar-refractivity contribution in [2.45, 2.75) is 196 Å². The molecule has 3 aliphatic heterocycles. The zero-order valence-corrected chi connectivity index (χ0v) is 72.3. The van der Waals surface area contributed by atoms with Crippen LogP contribution in [0.3, 0.4) is 0 Å². The number of carbonyl (C=O) groups is 4. The second kappa shape index (κ2) is 34.9. The van der Waals surface area contributed by atoms with Crippen LogP contribution in [-0.2, 0) is 49.7 Å². The Labute approximate surface area is 730 Å². The third kappa shape index (κ3) is 15.8. The minimum Gasteiger partial charge on any atom is -0.428 e. The van der Waals surface area contributed by atoms with Gasteiger partial charge in [0.05, 0.1) is 108 Å². The first-order valence-corrected chi connectivity index (χ1v) is 43.8. The number of nitrogens with zero attached hydrogens (tertiary/aromatic N) is 18. The fourth-order valence-corrected chi connectivity index (χ4v) is 19.6. The van der Waals surface area contributed by atoms with Crippen molar-refractivity contribution in [2.24, 2.45) is 11.0 Å². The molecule has 15 aromatic rings. The molecule has 2 aromatic carbocycles. The van der Waals surface area contributed by atoms with Crippen molar-refractivity contribution in [3.05, 3.63) is 233 Å². The smallest absolute Gasteiger partial charge is 0.224 e. The first-order valence-electron chi connectivity index (χ1n) is 43.0. The number of hydrogen-bond acceptors (Lipinski definition) is 28. The lowest BCUT2D eigenvalue weighted by molar-refractivity contribution is -0.112. The number of carbonyl (C=O) groups excluding carboxylic acids is 4. The van der Waals surface area contributed by atoms with E-state index in [9.17, 15) is 19.2 Å². The highest BCUT2D eigenvalue weighted by atomic mass is 32.1. The molecule has 0 fully saturated rings. The summed E-state index contributed by atoms with van der Waals surface area (Å²) in [6.45, 7) is 19.5. The van der Waals surface area contributed by atoms with Crippen LogP contribution in [0.1, 0.15) is 229 Å². The number of rotatable bonds is 21. The first kappa shape index (κ1) is 82.1. The van der Waals surface area contributed by atoms with Gasteiger partial charge in [0.15, 0.2) is 29.0 Å². The molecule has 7 aliphatic rings. The van der Waals surface area contributed by atoms with Crippen LogP contribution in [0.5, 0.6) is 0 Å². The van der Waals surface area contributed by atoms with Crippen LogP contribution in [0.2, 0.25) is 0 Å². The van der Waals surface area contributed by atoms with Crippen LogP contribution in [0.15, 0.2) is 128 Å². The fraction of sp³-hybridized carbons (Fsp3) is 0.341. The van der Waals surface area contributed by atoms with Crippen molar-refractivity contribution in [1.82, 2.24) is 138 Å². The van der Waals surface area contributed by atoms with Crippen LogP contribution >= 0.6 is 11.3 Å². The number of hydrogen-bond donors (Lipinski definition) is 11. The van der Waals surface area contributed by atoms with E-state index < -0.39 is 0 Å². The minimum atomic E-state index is -0.218. The summed E-state index contributed by atoms with van der Waals surface area (Å²) >= 11 is 1.44. The maximum atomic E-state index is 13.2. The molecule has 13 aromatic heterocycles. The third-order valence-electron chi connectivity index (χ3n) is 24.9. The van der Waals surface area contributed by atoms with E-state index >= 15 is 0 Å². The lowest BCUT2D eigenvalue weighted by Crippen LogP contribution is -2.41. The number of H-pyrrole nitrogens is 8. The molecule has 0 radical (unpaired) electrons. The van der Waals surface area contributed by atoms with E-state index in [2.05, 4.69) is 195 Å². The van der Waals surface area contributed by atoms with Gasteiger partial charge in [0.1, 0.15) is 38.6 Å². The Morgan fingerprint density at radius 1 is 0.575 bits per heavy atom. The average molecular weight is 1720 g/mol. The normalized spacial score (nSPS) is 17.2. The van der Waals surface area contributed by atoms with Crippen LogP contribution in [0.25, 0.3) is 78.0 Å². The van der Waals surface area contributed by atoms with Gasteiger partial charge in [-0.05, 0) is 218 Å². The van der Waals surface area contributed by atoms with Gasteiger partial charge in [-0.1, -0.05) is 26.0 Å². The highest BCUT2D eigenvalue weighted by Gasteiger charge is 2.45. The van der Waals surface area contributed by atoms with Gasteiger partial charge in [0.2, 0.25) is 24.1 Å². The van der Waals surface area contributed by atoms with Gasteiger partial charge in [-0.2, -0.15) is 45.9 Å². The zero-order valence-electron chi connectivity index (χ0n) is 71.4. The van der Waals surface area contributed by atoms with Gasteiger partial charge in [-0.15, -0.1) is 41.9 Å². The second-order valence-electron chi connectivity index (χ2n) is 33.1. The standard InChI is InChI=1S/C23H24N8O.C23H25N7O2.C23H21N7OS.C22H23N7O2/c1-11-15(10-24-27-11)22-14-6-4-3-5-13(14)20-16(26-22)7-8-17-21(20)23(31-29-17)18(32)9-19-25-12(2)28-30-19;1-5-7-8-15-9-19(16-12-25-26-13(16)3)24-11-17(15)22-18(6-2)28-30-23(22)20(31)10-21-29-27-14(4)32-21;1-11-15(10-24-26-11)22-14-6-4-3-5-13(14)20-16(25-22)7-8-17-21(20)23(30-28-17)18(31)9-19-29-27-12(2)32-19;1-11-14(9-23-26-11)21-13-5-3-2-4-12(13)19-15(25-21)6-7-16-20(19)22(29-27-16)17(30)8-18-28-24-10-31-18/h7-8,10,22,26H,3-6,9H2,1-2H3,(H,24,27)(H,29,31)(H,25,28,30);6,9,11-12H,2,5,7-8,10H2,1,3-4H3,(H,25,26)(H,28,30);7-8,10H,3-6,9H2,1-2H3,(H,24,26)(H,28,30);6-7,9-10,16,20-21,25,27H,2-5,8H2,1H3,(H,23,26). The van der Waals surface area contributed by atoms with Crippen LogP contribution in [0, 0.1) is 54.4 Å². The van der Waals surface area contributed by atoms with Gasteiger partial charge in [0.25, 0.3) is 0 Å². The molecule has 0 saturated heterocycles. The summed E-state index contributed by atoms with van der Waals surface area (Å²) in [5.41, 5.74) is 33.7. The second-order valence-corrected chi connectivity index (χ2v) is 34.3. The quantitative estimate of drug-likeness (QED) is 0.0298. The number of aromatic amines is 8. The SMILES string of the molecule is C=Cc1[nH]nc(C(=O)Cc2nnc(C)o2)c1-c1cnc(-c2cn[nH]c2C)cc1CCCC.Cc1[nH]ncc1C1NC2=C(C3=C1CCCC3)C1C(C(=O)Cc3nnco3)=NNC1C=C2.Cc1nc(CC(=O)c2n[nH]c3ccc4c(c23)C2=C(CCCC2)C(c2cn[nH]c2C)N4)n[nH]1.Cc1nnc(CC(=O)c2n[nH]c3ccc4nc(-c5cn[nH]c5C)c5c(c4c23)CCCC5)s1. The number of unbranched alkanes of at least 4 members (excludes halogenated alkanes) is 1. The minimum absolute atomic E-state index is 0.0231. The van der Waals surface area contributed by atoms with E-state index in [4.69, 9.17) is 13.8 Å². The molecule has 4 aliphatic carbocycles. The van der Waals surface area contributed by atoms with Crippen LogP contribution < -0.4 is 16.1 Å². The molecule has 36 heteroatoms. The Bertz CT molecular complexity index is 6970. The molecule has 16 heterocycles. The molecular weight excluding hydrogens is 1630 g/mol. The average Bonchev–Trinajstić information content (AvgIpc) is 1.61. The van der Waals surface area contributed by atoms with E-state index in [1.807, 2.05) is 64.5 Å². The summed E-state index contributed by atoms with van der Waals surface area (Å²) in [6.07, 6.45) is 32.6. The predicted molar refractivity (Wildman–Crippen MR) is 475 cm³/mol. The number of pyridine rings is 2. The summed E-state index contributed by atoms with van der Waals surface area (Å²) in [5, 5.41) is 97.8. The Morgan fingerprint density at radius 2 is 1.24 bits per heavy atom. The number of dihydropyridines is 1. The van der Waals surface area contributed by atoms with Crippen molar-refractivity contribution in [3.63, 3.8) is 0 Å². The zero-order chi connectivity index (χ0) is 87.3. The molecule has 4 unspecified atom stereocenters. The number of Topliss-reactive ketones (excluding diaryl/α,β-unsaturated/α-hetero) is 4. The van der Waals surface area contributed by atoms with E-state index in [1.165, 1.54) is 80.7 Å². The van der Waals surface area contributed by atoms with Crippen LogP contribution in [-0.4, -0.2) is 162 Å². The number of nitrogens with one attached hydrogen (secondary N) is 11. The Kier molecular flexibility index (Phi) is 22.5. The molecule has 0 bridgehead atoms. The predicted octanol–water partition coefficient (Wildman–Crippen LogP) is 14.7. The topological polar surface area (TPSA) is 488 Å². The van der Waals surface area contributed by atoms with E-state index in [1.54, 1.807) is 25.4 Å². The largest absolute Gasteiger partial charge is 0.428 e. The number of hydrazone groups is 1. The molecule has 22 rings (SSSR count). The Balaban J connectivity index is 0.000000110. The molecule has 127 heavy (non-hydrogen) atoms. The molecule has 11 N–H and O–H groups in total. The van der Waals surface area contributed by atoms with Crippen molar-refractivity contribution >= 4 is 90.2 Å². The maximum absolute atomic E-state index is 13.2. The van der Waals surface area contributed by atoms with Gasteiger partial charge < -0.3 is 24.9 Å². The van der Waals surface area contributed by atoms with Gasteiger partial charge in [0, 0.05) is 102 Å². The number of anilines is 1. The maximum Gasteiger partial charge on any atom is 0.224 e. The number of benzene rings is 2. The number of allylic oxidation sites excluding steroid dienone is 3. The fourth-order valence-electron chi connectivity index (χ4n) is 18.9. The van der Waals surface area contributed by atoms with Crippen molar-refractivity contribution < 1.29 is 28.0 Å². The van der Waals surface area contributed by atoms with E-state index in [0.717, 1.165) is 195 Å². The molecule has 4 atom stereocenters. The highest BCUT2D eigenvalue weighted by molar-refractivity contribution is 7.11. The highest BCUT2D eigenvalue weighted by Crippen LogP contribution is 2.52. The van der Waals surface area contributed by atoms with E-state index in [0.29, 0.717) is 62.5 Å².